The summed E-state index contributed by atoms with van der Waals surface area (Å²) < 4.78 is 1.73. The van der Waals surface area contributed by atoms with Crippen LogP contribution >= 0.6 is 0 Å². The quantitative estimate of drug-likeness (QED) is 0.625. The van der Waals surface area contributed by atoms with E-state index in [0.717, 1.165) is 22.5 Å². The number of benzene rings is 2. The number of nitrogens with zero attached hydrogens (tertiary/aromatic N) is 4. The first kappa shape index (κ1) is 15.1. The lowest BCUT2D eigenvalue weighted by atomic mass is 10.2. The second-order valence-electron chi connectivity index (χ2n) is 5.86. The molecule has 0 unspecified atom stereocenters. The Labute approximate surface area is 144 Å². The molecule has 6 nitrogen and oxygen atoms in total. The highest BCUT2D eigenvalue weighted by molar-refractivity contribution is 5.94. The van der Waals surface area contributed by atoms with Crippen molar-refractivity contribution < 1.29 is 4.79 Å². The van der Waals surface area contributed by atoms with Gasteiger partial charge in [0.15, 0.2) is 0 Å². The third-order valence-electron chi connectivity index (χ3n) is 4.03. The molecule has 0 fully saturated rings. The van der Waals surface area contributed by atoms with Crippen LogP contribution in [0.15, 0.2) is 67.0 Å². The van der Waals surface area contributed by atoms with Crippen LogP contribution in [0.25, 0.3) is 16.7 Å². The summed E-state index contributed by atoms with van der Waals surface area (Å²) in [5.41, 5.74) is 3.35. The maximum atomic E-state index is 12.7. The Kier molecular flexibility index (Phi) is 3.78. The van der Waals surface area contributed by atoms with Gasteiger partial charge in [-0.05, 0) is 36.4 Å². The number of nitrogens with one attached hydrogen (secondary N) is 1. The zero-order chi connectivity index (χ0) is 17.2. The summed E-state index contributed by atoms with van der Waals surface area (Å²) in [6, 6.07) is 17.1. The van der Waals surface area contributed by atoms with Crippen molar-refractivity contribution >= 4 is 16.9 Å². The number of H-pyrrole nitrogens is 1. The molecule has 6 heteroatoms. The lowest BCUT2D eigenvalue weighted by molar-refractivity contribution is 0.0782. The van der Waals surface area contributed by atoms with Gasteiger partial charge in [-0.25, -0.2) is 9.67 Å². The lowest BCUT2D eigenvalue weighted by Crippen LogP contribution is -2.26. The normalized spacial score (nSPS) is 10.9. The van der Waals surface area contributed by atoms with Gasteiger partial charge in [0.2, 0.25) is 0 Å². The molecule has 0 bridgehead atoms. The Morgan fingerprint density at radius 1 is 1.16 bits per heavy atom. The molecule has 4 rings (SSSR count). The molecular weight excluding hydrogens is 314 g/mol. The minimum Gasteiger partial charge on any atom is -0.340 e. The zero-order valence-electron chi connectivity index (χ0n) is 13.8. The van der Waals surface area contributed by atoms with Crippen molar-refractivity contribution in [2.75, 3.05) is 7.05 Å². The van der Waals surface area contributed by atoms with Gasteiger partial charge in [0.25, 0.3) is 5.91 Å². The fourth-order valence-electron chi connectivity index (χ4n) is 2.80. The molecule has 0 saturated carbocycles. The van der Waals surface area contributed by atoms with Crippen LogP contribution in [0, 0.1) is 0 Å². The van der Waals surface area contributed by atoms with Crippen LogP contribution in [0.2, 0.25) is 0 Å². The van der Waals surface area contributed by atoms with Crippen LogP contribution in [-0.2, 0) is 6.54 Å². The van der Waals surface area contributed by atoms with Gasteiger partial charge < -0.3 is 9.88 Å². The van der Waals surface area contributed by atoms with Crippen molar-refractivity contribution in [1.29, 1.82) is 0 Å². The predicted molar refractivity (Wildman–Crippen MR) is 95.5 cm³/mol. The van der Waals surface area contributed by atoms with Crippen molar-refractivity contribution in [3.8, 4) is 5.69 Å². The highest BCUT2D eigenvalue weighted by atomic mass is 16.2. The molecule has 0 saturated heterocycles. The molecular formula is C19H17N5O. The molecule has 0 aliphatic carbocycles. The topological polar surface area (TPSA) is 66.8 Å². The number of carbonyl (C=O) groups is 1. The first-order valence-electron chi connectivity index (χ1n) is 8.00. The fourth-order valence-corrected chi connectivity index (χ4v) is 2.80. The van der Waals surface area contributed by atoms with E-state index in [2.05, 4.69) is 15.1 Å². The maximum absolute atomic E-state index is 12.7. The summed E-state index contributed by atoms with van der Waals surface area (Å²) in [5, 5.41) is 4.20. The summed E-state index contributed by atoms with van der Waals surface area (Å²) in [7, 11) is 1.77. The summed E-state index contributed by atoms with van der Waals surface area (Å²) in [4.78, 5) is 22.2. The molecule has 2 heterocycles. The number of hydrogen-bond acceptors (Lipinski definition) is 3. The van der Waals surface area contributed by atoms with E-state index in [1.54, 1.807) is 22.8 Å². The first-order valence-corrected chi connectivity index (χ1v) is 8.00. The number of imidazole rings is 1. The van der Waals surface area contributed by atoms with E-state index < -0.39 is 0 Å². The number of amides is 1. The highest BCUT2D eigenvalue weighted by Gasteiger charge is 2.14. The van der Waals surface area contributed by atoms with E-state index in [-0.39, 0.29) is 5.91 Å². The van der Waals surface area contributed by atoms with Crippen molar-refractivity contribution in [2.24, 2.45) is 0 Å². The van der Waals surface area contributed by atoms with E-state index >= 15 is 0 Å². The minimum atomic E-state index is -0.0607. The first-order chi connectivity index (χ1) is 12.2. The van der Waals surface area contributed by atoms with E-state index in [4.69, 9.17) is 0 Å². The number of para-hydroxylation sites is 2. The summed E-state index contributed by atoms with van der Waals surface area (Å²) in [6.07, 6.45) is 3.56. The van der Waals surface area contributed by atoms with Gasteiger partial charge >= 0.3 is 0 Å². The van der Waals surface area contributed by atoms with E-state index in [1.807, 2.05) is 60.8 Å². The average Bonchev–Trinajstić information content (AvgIpc) is 3.30. The van der Waals surface area contributed by atoms with Crippen molar-refractivity contribution in [2.45, 2.75) is 6.54 Å². The van der Waals surface area contributed by atoms with E-state index in [1.165, 1.54) is 0 Å². The number of fused-ring (bicyclic) bond motifs is 1. The number of carbonyl (C=O) groups excluding carboxylic acids is 1. The van der Waals surface area contributed by atoms with Gasteiger partial charge in [-0.15, -0.1) is 0 Å². The second kappa shape index (κ2) is 6.24. The Morgan fingerprint density at radius 3 is 2.84 bits per heavy atom. The van der Waals surface area contributed by atoms with Crippen LogP contribution in [0.5, 0.6) is 0 Å². The molecule has 0 aliphatic heterocycles. The third kappa shape index (κ3) is 3.01. The Hall–Kier alpha value is -3.41. The van der Waals surface area contributed by atoms with Gasteiger partial charge in [-0.1, -0.05) is 18.2 Å². The molecule has 0 aliphatic rings. The van der Waals surface area contributed by atoms with Gasteiger partial charge in [0.1, 0.15) is 5.82 Å². The number of rotatable bonds is 4. The number of aromatic nitrogens is 4. The molecule has 124 valence electrons. The smallest absolute Gasteiger partial charge is 0.254 e. The Balaban J connectivity index is 1.55. The maximum Gasteiger partial charge on any atom is 0.254 e. The summed E-state index contributed by atoms with van der Waals surface area (Å²) >= 11 is 0. The average molecular weight is 331 g/mol. The summed E-state index contributed by atoms with van der Waals surface area (Å²) in [5.74, 6) is 0.703. The van der Waals surface area contributed by atoms with Crippen LogP contribution in [0.4, 0.5) is 0 Å². The number of aromatic amines is 1. The minimum absolute atomic E-state index is 0.0607. The van der Waals surface area contributed by atoms with Crippen LogP contribution in [0.1, 0.15) is 16.2 Å². The van der Waals surface area contributed by atoms with Crippen LogP contribution < -0.4 is 0 Å². The van der Waals surface area contributed by atoms with Gasteiger partial charge in [0, 0.05) is 25.0 Å². The van der Waals surface area contributed by atoms with Crippen LogP contribution in [-0.4, -0.2) is 37.6 Å². The molecule has 25 heavy (non-hydrogen) atoms. The Morgan fingerprint density at radius 2 is 2.04 bits per heavy atom. The monoisotopic (exact) mass is 331 g/mol. The van der Waals surface area contributed by atoms with E-state index in [0.29, 0.717) is 12.1 Å². The Bertz CT molecular complexity index is 986. The highest BCUT2D eigenvalue weighted by Crippen LogP contribution is 2.14. The fraction of sp³-hybridized carbons (Fsp3) is 0.105. The van der Waals surface area contributed by atoms with Gasteiger partial charge in [0.05, 0.1) is 23.3 Å². The van der Waals surface area contributed by atoms with Crippen molar-refractivity contribution in [3.63, 3.8) is 0 Å². The molecule has 0 spiro atoms. The van der Waals surface area contributed by atoms with E-state index in [9.17, 15) is 4.79 Å². The second-order valence-corrected chi connectivity index (χ2v) is 5.86. The third-order valence-corrected chi connectivity index (χ3v) is 4.03. The molecule has 0 radical (unpaired) electrons. The van der Waals surface area contributed by atoms with Crippen molar-refractivity contribution in [3.05, 3.63) is 78.4 Å². The molecule has 1 N–H and O–H groups in total. The lowest BCUT2D eigenvalue weighted by Gasteiger charge is -2.16. The standard InChI is InChI=1S/C19H17N5O/c1-23(13-18-21-16-8-2-3-9-17(16)22-18)19(25)14-6-4-7-15(12-14)24-11-5-10-20-24/h2-12H,13H2,1H3,(H,21,22). The van der Waals surface area contributed by atoms with Gasteiger partial charge in [-0.3, -0.25) is 4.79 Å². The SMILES string of the molecule is CN(Cc1nc2ccccc2[nH]1)C(=O)c1cccc(-n2cccn2)c1. The summed E-state index contributed by atoms with van der Waals surface area (Å²) in [6.45, 7) is 0.416. The molecule has 0 atom stereocenters. The van der Waals surface area contributed by atoms with Gasteiger partial charge in [-0.2, -0.15) is 5.10 Å². The van der Waals surface area contributed by atoms with Crippen molar-refractivity contribution in [1.82, 2.24) is 24.6 Å². The van der Waals surface area contributed by atoms with Crippen LogP contribution in [0.3, 0.4) is 0 Å². The molecule has 1 amide bonds. The number of hydrogen-bond donors (Lipinski definition) is 1. The molecule has 2 aromatic heterocycles. The molecule has 4 aromatic rings. The molecule has 2 aromatic carbocycles. The zero-order valence-corrected chi connectivity index (χ0v) is 13.8. The predicted octanol–water partition coefficient (Wildman–Crippen LogP) is 3.02. The largest absolute Gasteiger partial charge is 0.340 e.